The standard InChI is InChI=1S/C70H54N4O2/c1-49-23-35-59(36-24-49)73(60-37-25-50(2)26-38-60)63-43-31-57(32-44-63)67-65-66(70(76)71(67)47-51-15-7-3-8-16-51)68(72(69(65)75)48-52-17-9-4-10-18-52)58-33-45-64(46-34-58)74(61-39-27-55(28-40-61)53-19-11-5-12-20-53)62-41-29-56(30-42-62)54-21-13-6-14-22-54/h3-46H,47-48H2,1-2H3. The molecule has 0 unspecified atom stereocenters. The van der Waals surface area contributed by atoms with Gasteiger partial charge < -0.3 is 19.6 Å². The summed E-state index contributed by atoms with van der Waals surface area (Å²) >= 11 is 0. The fraction of sp³-hybridized carbons (Fsp3) is 0.0571. The summed E-state index contributed by atoms with van der Waals surface area (Å²) in [4.78, 5) is 39.2. The largest absolute Gasteiger partial charge is 0.311 e. The molecule has 6 heteroatoms. The first kappa shape index (κ1) is 47.2. The number of carbonyl (C=O) groups excluding carboxylic acids is 2. The van der Waals surface area contributed by atoms with E-state index in [1.54, 1.807) is 9.80 Å². The van der Waals surface area contributed by atoms with Crippen LogP contribution in [0.1, 0.15) is 33.4 Å². The third-order valence-corrected chi connectivity index (χ3v) is 14.4. The Kier molecular flexibility index (Phi) is 12.8. The molecule has 12 rings (SSSR count). The highest BCUT2D eigenvalue weighted by molar-refractivity contribution is 6.30. The van der Waals surface area contributed by atoms with Gasteiger partial charge in [0.25, 0.3) is 11.8 Å². The van der Waals surface area contributed by atoms with E-state index in [9.17, 15) is 0 Å². The second-order valence-electron chi connectivity index (χ2n) is 19.5. The number of benzene rings is 10. The average molecular weight is 983 g/mol. The number of anilines is 6. The smallest absolute Gasteiger partial charge is 0.261 e. The van der Waals surface area contributed by atoms with Crippen LogP contribution in [0.25, 0.3) is 33.6 Å². The Bertz CT molecular complexity index is 3620. The molecule has 0 radical (unpaired) electrons. The van der Waals surface area contributed by atoms with Crippen molar-refractivity contribution in [2.45, 2.75) is 26.9 Å². The van der Waals surface area contributed by atoms with Crippen molar-refractivity contribution >= 4 is 57.3 Å². The molecule has 10 aromatic rings. The second-order valence-corrected chi connectivity index (χ2v) is 19.5. The Morgan fingerprint density at radius 2 is 0.513 bits per heavy atom. The molecule has 0 aromatic heterocycles. The van der Waals surface area contributed by atoms with Crippen LogP contribution in [-0.2, 0) is 22.7 Å². The highest BCUT2D eigenvalue weighted by atomic mass is 16.2. The summed E-state index contributed by atoms with van der Waals surface area (Å²) in [7, 11) is 0. The molecule has 6 nitrogen and oxygen atoms in total. The van der Waals surface area contributed by atoms with E-state index < -0.39 is 0 Å². The zero-order valence-corrected chi connectivity index (χ0v) is 42.4. The predicted molar refractivity (Wildman–Crippen MR) is 310 cm³/mol. The van der Waals surface area contributed by atoms with Crippen LogP contribution in [0.4, 0.5) is 34.1 Å². The van der Waals surface area contributed by atoms with Crippen LogP contribution < -0.4 is 9.80 Å². The van der Waals surface area contributed by atoms with Gasteiger partial charge in [0.15, 0.2) is 0 Å². The van der Waals surface area contributed by atoms with Crippen molar-refractivity contribution in [3.63, 3.8) is 0 Å². The molecular formula is C70H54N4O2. The van der Waals surface area contributed by atoms with E-state index in [0.717, 1.165) is 78.6 Å². The molecule has 0 saturated carbocycles. The van der Waals surface area contributed by atoms with Gasteiger partial charge in [-0.15, -0.1) is 0 Å². The lowest BCUT2D eigenvalue weighted by Crippen LogP contribution is -2.29. The zero-order valence-electron chi connectivity index (χ0n) is 42.4. The molecule has 0 saturated heterocycles. The van der Waals surface area contributed by atoms with Crippen molar-refractivity contribution in [1.29, 1.82) is 0 Å². The summed E-state index contributed by atoms with van der Waals surface area (Å²) in [5, 5.41) is 0. The minimum Gasteiger partial charge on any atom is -0.311 e. The van der Waals surface area contributed by atoms with Crippen LogP contribution in [0, 0.1) is 13.8 Å². The molecule has 366 valence electrons. The number of nitrogens with zero attached hydrogens (tertiary/aromatic N) is 4. The van der Waals surface area contributed by atoms with Gasteiger partial charge in [0.1, 0.15) is 0 Å². The van der Waals surface area contributed by atoms with Gasteiger partial charge in [-0.25, -0.2) is 0 Å². The highest BCUT2D eigenvalue weighted by Gasteiger charge is 2.49. The molecule has 2 aliphatic rings. The Morgan fingerprint density at radius 3 is 0.803 bits per heavy atom. The number of amides is 2. The SMILES string of the molecule is Cc1ccc(N(c2ccc(C)cc2)c2ccc(C3=C4C(=O)N(Cc5ccccc5)C(c5ccc(N(c6ccc(-c7ccccc7)cc6)c6ccc(-c7ccccc7)cc6)cc5)=C4C(=O)N3Cc3ccccc3)cc2)cc1. The van der Waals surface area contributed by atoms with Gasteiger partial charge in [-0.05, 0) is 131 Å². The third kappa shape index (κ3) is 9.29. The lowest BCUT2D eigenvalue weighted by atomic mass is 10.0. The number of carbonyl (C=O) groups is 2. The summed E-state index contributed by atoms with van der Waals surface area (Å²) in [6.45, 7) is 4.77. The normalized spacial score (nSPS) is 13.1. The predicted octanol–water partition coefficient (Wildman–Crippen LogP) is 16.8. The van der Waals surface area contributed by atoms with Gasteiger partial charge in [-0.3, -0.25) is 9.59 Å². The first-order chi connectivity index (χ1) is 37.3. The zero-order chi connectivity index (χ0) is 51.5. The lowest BCUT2D eigenvalue weighted by Gasteiger charge is -2.28. The molecule has 0 N–H and O–H groups in total. The number of hydrogen-bond acceptors (Lipinski definition) is 4. The minimum absolute atomic E-state index is 0.208. The summed E-state index contributed by atoms with van der Waals surface area (Å²) in [6.07, 6.45) is 0. The lowest BCUT2D eigenvalue weighted by molar-refractivity contribution is -0.124. The van der Waals surface area contributed by atoms with Gasteiger partial charge in [0, 0.05) is 34.1 Å². The molecule has 10 aromatic carbocycles. The molecule has 0 atom stereocenters. The van der Waals surface area contributed by atoms with Crippen molar-refractivity contribution < 1.29 is 9.59 Å². The topological polar surface area (TPSA) is 47.1 Å². The molecule has 76 heavy (non-hydrogen) atoms. The van der Waals surface area contributed by atoms with Crippen LogP contribution in [0.15, 0.2) is 278 Å². The molecule has 0 aliphatic carbocycles. The first-order valence-corrected chi connectivity index (χ1v) is 25.8. The number of fused-ring (bicyclic) bond motifs is 1. The van der Waals surface area contributed by atoms with Crippen molar-refractivity contribution in [2.24, 2.45) is 0 Å². The maximum absolute atomic E-state index is 15.5. The monoisotopic (exact) mass is 982 g/mol. The van der Waals surface area contributed by atoms with Crippen molar-refractivity contribution in [3.05, 3.63) is 311 Å². The Hall–Kier alpha value is -9.78. The quantitative estimate of drug-likeness (QED) is 0.109. The van der Waals surface area contributed by atoms with Gasteiger partial charge in [-0.2, -0.15) is 0 Å². The summed E-state index contributed by atoms with van der Waals surface area (Å²) in [5.41, 5.74) is 18.3. The third-order valence-electron chi connectivity index (χ3n) is 14.4. The van der Waals surface area contributed by atoms with Crippen LogP contribution in [0.5, 0.6) is 0 Å². The fourth-order valence-electron chi connectivity index (χ4n) is 10.5. The van der Waals surface area contributed by atoms with E-state index in [2.05, 4.69) is 218 Å². The van der Waals surface area contributed by atoms with E-state index in [0.29, 0.717) is 29.1 Å². The van der Waals surface area contributed by atoms with Crippen LogP contribution in [-0.4, -0.2) is 21.6 Å². The van der Waals surface area contributed by atoms with E-state index in [4.69, 9.17) is 0 Å². The van der Waals surface area contributed by atoms with Crippen molar-refractivity contribution in [2.75, 3.05) is 9.80 Å². The summed E-state index contributed by atoms with van der Waals surface area (Å²) < 4.78 is 0. The van der Waals surface area contributed by atoms with Gasteiger partial charge >= 0.3 is 0 Å². The number of aryl methyl sites for hydroxylation is 2. The molecule has 2 amide bonds. The molecule has 0 spiro atoms. The van der Waals surface area contributed by atoms with Gasteiger partial charge in [0.05, 0.1) is 35.6 Å². The van der Waals surface area contributed by atoms with Gasteiger partial charge in [0.2, 0.25) is 0 Å². The average Bonchev–Trinajstić information content (AvgIpc) is 4.08. The molecule has 0 fully saturated rings. The molecule has 2 heterocycles. The number of hydrogen-bond donors (Lipinski definition) is 0. The molecular weight excluding hydrogens is 929 g/mol. The van der Waals surface area contributed by atoms with E-state index in [1.807, 2.05) is 72.8 Å². The first-order valence-electron chi connectivity index (χ1n) is 25.8. The Labute approximate surface area is 445 Å². The highest BCUT2D eigenvalue weighted by Crippen LogP contribution is 2.49. The molecule has 2 aliphatic heterocycles. The van der Waals surface area contributed by atoms with Crippen molar-refractivity contribution in [3.8, 4) is 22.3 Å². The maximum Gasteiger partial charge on any atom is 0.261 e. The minimum atomic E-state index is -0.208. The van der Waals surface area contributed by atoms with E-state index in [-0.39, 0.29) is 18.4 Å². The summed E-state index contributed by atoms with van der Waals surface area (Å²) in [6, 6.07) is 91.8. The van der Waals surface area contributed by atoms with Crippen LogP contribution >= 0.6 is 0 Å². The van der Waals surface area contributed by atoms with Gasteiger partial charge in [-0.1, -0.05) is 205 Å². The van der Waals surface area contributed by atoms with E-state index >= 15 is 9.59 Å². The van der Waals surface area contributed by atoms with Crippen molar-refractivity contribution in [1.82, 2.24) is 9.80 Å². The number of rotatable bonds is 14. The Balaban J connectivity index is 0.980. The van der Waals surface area contributed by atoms with E-state index in [1.165, 1.54) is 11.1 Å². The van der Waals surface area contributed by atoms with Crippen LogP contribution in [0.2, 0.25) is 0 Å². The molecule has 0 bridgehead atoms. The maximum atomic E-state index is 15.5. The fourth-order valence-corrected chi connectivity index (χ4v) is 10.5. The Morgan fingerprint density at radius 1 is 0.276 bits per heavy atom. The summed E-state index contributed by atoms with van der Waals surface area (Å²) in [5.74, 6) is -0.416. The van der Waals surface area contributed by atoms with Crippen LogP contribution in [0.3, 0.4) is 0 Å². The second kappa shape index (κ2) is 20.6.